The maximum absolute atomic E-state index is 12.6. The van der Waals surface area contributed by atoms with E-state index in [1.54, 1.807) is 0 Å². The molecule has 3 heteroatoms. The van der Waals surface area contributed by atoms with Crippen LogP contribution in [0.15, 0.2) is 24.3 Å². The van der Waals surface area contributed by atoms with Crippen molar-refractivity contribution in [1.29, 1.82) is 0 Å². The number of benzene rings is 1. The lowest BCUT2D eigenvalue weighted by Crippen LogP contribution is -2.07. The van der Waals surface area contributed by atoms with Gasteiger partial charge in [0.15, 0.2) is 0 Å². The van der Waals surface area contributed by atoms with Crippen molar-refractivity contribution in [3.8, 4) is 0 Å². The summed E-state index contributed by atoms with van der Waals surface area (Å²) >= 11 is 0. The summed E-state index contributed by atoms with van der Waals surface area (Å²) in [7, 11) is 0. The molecule has 1 rings (SSSR count). The van der Waals surface area contributed by atoms with Crippen LogP contribution in [0.3, 0.4) is 0 Å². The SMILES string of the molecule is CCC(CCC(C)C)c1cccc(C(F)(F)F)c1. The predicted molar refractivity (Wildman–Crippen MR) is 68.5 cm³/mol. The summed E-state index contributed by atoms with van der Waals surface area (Å²) in [5, 5.41) is 0. The zero-order valence-electron chi connectivity index (χ0n) is 11.2. The predicted octanol–water partition coefficient (Wildman–Crippen LogP) is 5.64. The average Bonchev–Trinajstić information content (AvgIpc) is 2.29. The molecule has 1 unspecified atom stereocenters. The Balaban J connectivity index is 2.86. The molecule has 0 aliphatic heterocycles. The van der Waals surface area contributed by atoms with E-state index in [2.05, 4.69) is 13.8 Å². The molecule has 0 N–H and O–H groups in total. The highest BCUT2D eigenvalue weighted by molar-refractivity contribution is 5.28. The minimum absolute atomic E-state index is 0.231. The van der Waals surface area contributed by atoms with Crippen LogP contribution in [0.25, 0.3) is 0 Å². The molecule has 1 atom stereocenters. The van der Waals surface area contributed by atoms with Crippen molar-refractivity contribution in [2.75, 3.05) is 0 Å². The highest BCUT2D eigenvalue weighted by Crippen LogP contribution is 2.33. The van der Waals surface area contributed by atoms with Crippen LogP contribution in [-0.4, -0.2) is 0 Å². The Morgan fingerprint density at radius 2 is 1.78 bits per heavy atom. The Kier molecular flexibility index (Phi) is 5.24. The van der Waals surface area contributed by atoms with E-state index in [0.717, 1.165) is 30.9 Å². The molecular formula is C15H21F3. The maximum atomic E-state index is 12.6. The smallest absolute Gasteiger partial charge is 0.166 e. The van der Waals surface area contributed by atoms with Crippen LogP contribution in [0.5, 0.6) is 0 Å². The second kappa shape index (κ2) is 6.26. The zero-order chi connectivity index (χ0) is 13.8. The van der Waals surface area contributed by atoms with Crippen molar-refractivity contribution in [3.05, 3.63) is 35.4 Å². The third kappa shape index (κ3) is 4.35. The van der Waals surface area contributed by atoms with Crippen molar-refractivity contribution in [3.63, 3.8) is 0 Å². The monoisotopic (exact) mass is 258 g/mol. The van der Waals surface area contributed by atoms with Crippen molar-refractivity contribution in [2.24, 2.45) is 5.92 Å². The Hall–Kier alpha value is -0.990. The molecule has 18 heavy (non-hydrogen) atoms. The molecule has 0 aliphatic rings. The lowest BCUT2D eigenvalue weighted by atomic mass is 9.88. The van der Waals surface area contributed by atoms with E-state index in [0.29, 0.717) is 5.92 Å². The largest absolute Gasteiger partial charge is 0.416 e. The van der Waals surface area contributed by atoms with Gasteiger partial charge in [-0.3, -0.25) is 0 Å². The lowest BCUT2D eigenvalue weighted by Gasteiger charge is -2.18. The second-order valence-corrected chi connectivity index (χ2v) is 5.20. The van der Waals surface area contributed by atoms with E-state index in [-0.39, 0.29) is 5.92 Å². The van der Waals surface area contributed by atoms with Crippen molar-refractivity contribution >= 4 is 0 Å². The van der Waals surface area contributed by atoms with Gasteiger partial charge in [-0.2, -0.15) is 13.2 Å². The molecule has 0 saturated heterocycles. The second-order valence-electron chi connectivity index (χ2n) is 5.20. The van der Waals surface area contributed by atoms with E-state index in [1.807, 2.05) is 13.0 Å². The molecular weight excluding hydrogens is 237 g/mol. The Morgan fingerprint density at radius 1 is 1.11 bits per heavy atom. The number of hydrogen-bond acceptors (Lipinski definition) is 0. The van der Waals surface area contributed by atoms with Gasteiger partial charge >= 0.3 is 6.18 Å². The van der Waals surface area contributed by atoms with Gasteiger partial charge in [0.1, 0.15) is 0 Å². The summed E-state index contributed by atoms with van der Waals surface area (Å²) in [6.07, 6.45) is -1.36. The van der Waals surface area contributed by atoms with Gasteiger partial charge in [0, 0.05) is 0 Å². The van der Waals surface area contributed by atoms with Crippen LogP contribution in [0.2, 0.25) is 0 Å². The normalized spacial score (nSPS) is 13.9. The van der Waals surface area contributed by atoms with E-state index >= 15 is 0 Å². The van der Waals surface area contributed by atoms with Crippen LogP contribution in [0.1, 0.15) is 57.1 Å². The first-order valence-electron chi connectivity index (χ1n) is 6.51. The van der Waals surface area contributed by atoms with Gasteiger partial charge in [-0.15, -0.1) is 0 Å². The fourth-order valence-corrected chi connectivity index (χ4v) is 2.11. The molecule has 1 aromatic carbocycles. The average molecular weight is 258 g/mol. The van der Waals surface area contributed by atoms with Gasteiger partial charge in [-0.25, -0.2) is 0 Å². The molecule has 0 radical (unpaired) electrons. The highest BCUT2D eigenvalue weighted by atomic mass is 19.4. The summed E-state index contributed by atoms with van der Waals surface area (Å²) in [6.45, 7) is 6.31. The maximum Gasteiger partial charge on any atom is 0.416 e. The van der Waals surface area contributed by atoms with Gasteiger partial charge in [0.05, 0.1) is 5.56 Å². The molecule has 0 bridgehead atoms. The van der Waals surface area contributed by atoms with E-state index in [4.69, 9.17) is 0 Å². The molecule has 0 heterocycles. The molecule has 1 aromatic rings. The van der Waals surface area contributed by atoms with Crippen LogP contribution < -0.4 is 0 Å². The van der Waals surface area contributed by atoms with Gasteiger partial charge in [0.25, 0.3) is 0 Å². The summed E-state index contributed by atoms with van der Waals surface area (Å²) < 4.78 is 37.9. The molecule has 0 aromatic heterocycles. The fourth-order valence-electron chi connectivity index (χ4n) is 2.11. The van der Waals surface area contributed by atoms with Crippen LogP contribution in [-0.2, 0) is 6.18 Å². The summed E-state index contributed by atoms with van der Waals surface area (Å²) in [5.41, 5.74) is 0.274. The van der Waals surface area contributed by atoms with Gasteiger partial charge in [0.2, 0.25) is 0 Å². The minimum atomic E-state index is -4.24. The fraction of sp³-hybridized carbons (Fsp3) is 0.600. The molecule has 0 aliphatic carbocycles. The van der Waals surface area contributed by atoms with E-state index in [9.17, 15) is 13.2 Å². The van der Waals surface area contributed by atoms with E-state index in [1.165, 1.54) is 12.1 Å². The molecule has 0 amide bonds. The Morgan fingerprint density at radius 3 is 2.28 bits per heavy atom. The third-order valence-electron chi connectivity index (χ3n) is 3.27. The minimum Gasteiger partial charge on any atom is -0.166 e. The standard InChI is InChI=1S/C15H21F3/c1-4-12(9-8-11(2)3)13-6-5-7-14(10-13)15(16,17)18/h5-7,10-12H,4,8-9H2,1-3H3. The Labute approximate surface area is 107 Å². The first-order chi connectivity index (χ1) is 8.34. The van der Waals surface area contributed by atoms with Gasteiger partial charge < -0.3 is 0 Å². The quantitative estimate of drug-likeness (QED) is 0.641. The van der Waals surface area contributed by atoms with Crippen molar-refractivity contribution < 1.29 is 13.2 Å². The topological polar surface area (TPSA) is 0 Å². The molecule has 102 valence electrons. The number of halogens is 3. The first-order valence-corrected chi connectivity index (χ1v) is 6.51. The Bertz CT molecular complexity index is 366. The van der Waals surface area contributed by atoms with E-state index < -0.39 is 11.7 Å². The lowest BCUT2D eigenvalue weighted by molar-refractivity contribution is -0.137. The van der Waals surface area contributed by atoms with Gasteiger partial charge in [-0.1, -0.05) is 45.4 Å². The van der Waals surface area contributed by atoms with Crippen LogP contribution in [0, 0.1) is 5.92 Å². The number of hydrogen-bond donors (Lipinski definition) is 0. The van der Waals surface area contributed by atoms with Gasteiger partial charge in [-0.05, 0) is 36.3 Å². The number of rotatable bonds is 5. The molecule has 0 fully saturated rings. The van der Waals surface area contributed by atoms with Crippen molar-refractivity contribution in [1.82, 2.24) is 0 Å². The van der Waals surface area contributed by atoms with Crippen LogP contribution in [0.4, 0.5) is 13.2 Å². The summed E-state index contributed by atoms with van der Waals surface area (Å²) in [6, 6.07) is 5.76. The number of alkyl halides is 3. The first kappa shape index (κ1) is 15.1. The summed E-state index contributed by atoms with van der Waals surface area (Å²) in [4.78, 5) is 0. The van der Waals surface area contributed by atoms with Crippen molar-refractivity contribution in [2.45, 2.75) is 52.1 Å². The summed E-state index contributed by atoms with van der Waals surface area (Å²) in [5.74, 6) is 0.819. The molecule has 0 saturated carbocycles. The molecule has 0 spiro atoms. The molecule has 0 nitrogen and oxygen atoms in total. The third-order valence-corrected chi connectivity index (χ3v) is 3.27. The zero-order valence-corrected chi connectivity index (χ0v) is 11.2. The van der Waals surface area contributed by atoms with Crippen LogP contribution >= 0.6 is 0 Å². The highest BCUT2D eigenvalue weighted by Gasteiger charge is 2.30.